The third kappa shape index (κ3) is 8.74. The van der Waals surface area contributed by atoms with E-state index in [9.17, 15) is 9.59 Å². The Balaban J connectivity index is 3.31. The maximum Gasteiger partial charge on any atom is 0.245 e. The highest BCUT2D eigenvalue weighted by Gasteiger charge is 2.02. The van der Waals surface area contributed by atoms with Crippen molar-refractivity contribution >= 4 is 11.7 Å². The van der Waals surface area contributed by atoms with Gasteiger partial charge in [0.2, 0.25) is 5.91 Å². The third-order valence-corrected chi connectivity index (χ3v) is 2.95. The van der Waals surface area contributed by atoms with Crippen molar-refractivity contribution in [1.29, 1.82) is 0 Å². The lowest BCUT2D eigenvalue weighted by Gasteiger charge is -2.14. The third-order valence-electron chi connectivity index (χ3n) is 2.95. The van der Waals surface area contributed by atoms with E-state index in [0.29, 0.717) is 6.42 Å². The Morgan fingerprint density at radius 1 is 0.944 bits per heavy atom. The molecule has 0 aromatic carbocycles. The van der Waals surface area contributed by atoms with Crippen LogP contribution in [0.2, 0.25) is 0 Å². The van der Waals surface area contributed by atoms with Crippen LogP contribution in [0.5, 0.6) is 0 Å². The van der Waals surface area contributed by atoms with Crippen molar-refractivity contribution in [2.75, 3.05) is 13.6 Å². The number of ketones is 1. The van der Waals surface area contributed by atoms with Crippen molar-refractivity contribution in [3.05, 3.63) is 25.3 Å². The van der Waals surface area contributed by atoms with Crippen molar-refractivity contribution in [2.24, 2.45) is 0 Å². The molecule has 0 bridgehead atoms. The van der Waals surface area contributed by atoms with Crippen LogP contribution >= 0.6 is 0 Å². The van der Waals surface area contributed by atoms with E-state index in [1.165, 1.54) is 18.6 Å². The quantitative estimate of drug-likeness (QED) is 0.418. The summed E-state index contributed by atoms with van der Waals surface area (Å²) in [6.45, 7) is 7.70. The van der Waals surface area contributed by atoms with Gasteiger partial charge in [0, 0.05) is 20.0 Å². The molecule has 0 rings (SSSR count). The summed E-state index contributed by atoms with van der Waals surface area (Å²) in [5.41, 5.74) is 0. The molecule has 0 saturated heterocycles. The molecule has 0 heterocycles. The van der Waals surface area contributed by atoms with Crippen LogP contribution in [0.1, 0.15) is 44.9 Å². The van der Waals surface area contributed by atoms with Gasteiger partial charge in [0.1, 0.15) is 0 Å². The van der Waals surface area contributed by atoms with E-state index in [1.807, 2.05) is 0 Å². The van der Waals surface area contributed by atoms with Crippen LogP contribution < -0.4 is 0 Å². The van der Waals surface area contributed by atoms with Gasteiger partial charge in [0.25, 0.3) is 0 Å². The molecule has 3 heteroatoms. The Hall–Kier alpha value is -1.38. The number of allylic oxidation sites excluding steroid dienone is 1. The SMILES string of the molecule is C=CC(=O)CCCCCCCCN(C)C(=O)C=C. The average molecular weight is 251 g/mol. The first-order chi connectivity index (χ1) is 8.61. The molecule has 102 valence electrons. The fourth-order valence-corrected chi connectivity index (χ4v) is 1.72. The molecule has 0 aliphatic heterocycles. The summed E-state index contributed by atoms with van der Waals surface area (Å²) in [6, 6.07) is 0. The van der Waals surface area contributed by atoms with Crippen molar-refractivity contribution in [2.45, 2.75) is 44.9 Å². The lowest BCUT2D eigenvalue weighted by atomic mass is 10.1. The smallest absolute Gasteiger partial charge is 0.245 e. The minimum Gasteiger partial charge on any atom is -0.342 e. The number of hydrogen-bond donors (Lipinski definition) is 0. The second-order valence-electron chi connectivity index (χ2n) is 4.51. The lowest BCUT2D eigenvalue weighted by molar-refractivity contribution is -0.124. The van der Waals surface area contributed by atoms with Crippen molar-refractivity contribution < 1.29 is 9.59 Å². The van der Waals surface area contributed by atoms with E-state index < -0.39 is 0 Å². The fraction of sp³-hybridized carbons (Fsp3) is 0.600. The second-order valence-corrected chi connectivity index (χ2v) is 4.51. The first-order valence-electron chi connectivity index (χ1n) is 6.64. The van der Waals surface area contributed by atoms with Crippen molar-refractivity contribution in [1.82, 2.24) is 4.90 Å². The Morgan fingerprint density at radius 3 is 2.06 bits per heavy atom. The van der Waals surface area contributed by atoms with E-state index in [2.05, 4.69) is 13.2 Å². The van der Waals surface area contributed by atoms with Gasteiger partial charge in [-0.1, -0.05) is 38.8 Å². The normalized spacial score (nSPS) is 9.83. The van der Waals surface area contributed by atoms with Gasteiger partial charge < -0.3 is 4.90 Å². The van der Waals surface area contributed by atoms with Gasteiger partial charge in [-0.3, -0.25) is 9.59 Å². The number of likely N-dealkylation sites (N-methyl/N-ethyl adjacent to an activating group) is 1. The fourth-order valence-electron chi connectivity index (χ4n) is 1.72. The minimum atomic E-state index is -0.0158. The number of carbonyl (C=O) groups is 2. The minimum absolute atomic E-state index is 0.0158. The number of rotatable bonds is 11. The van der Waals surface area contributed by atoms with E-state index in [1.54, 1.807) is 11.9 Å². The number of hydrogen-bond acceptors (Lipinski definition) is 2. The van der Waals surface area contributed by atoms with Gasteiger partial charge >= 0.3 is 0 Å². The molecule has 0 spiro atoms. The van der Waals surface area contributed by atoms with Crippen LogP contribution in [0.4, 0.5) is 0 Å². The summed E-state index contributed by atoms with van der Waals surface area (Å²) < 4.78 is 0. The topological polar surface area (TPSA) is 37.4 Å². The molecule has 0 atom stereocenters. The summed E-state index contributed by atoms with van der Waals surface area (Å²) in [5, 5.41) is 0. The molecule has 0 aromatic rings. The summed E-state index contributed by atoms with van der Waals surface area (Å²) in [4.78, 5) is 23.8. The summed E-state index contributed by atoms with van der Waals surface area (Å²) in [6.07, 6.45) is 9.90. The van der Waals surface area contributed by atoms with E-state index in [0.717, 1.165) is 38.6 Å². The molecule has 0 aromatic heterocycles. The molecule has 0 aliphatic rings. The number of nitrogens with zero attached hydrogens (tertiary/aromatic N) is 1. The summed E-state index contributed by atoms with van der Waals surface area (Å²) in [7, 11) is 1.80. The molecule has 0 aliphatic carbocycles. The molecule has 18 heavy (non-hydrogen) atoms. The zero-order chi connectivity index (χ0) is 13.8. The van der Waals surface area contributed by atoms with E-state index >= 15 is 0 Å². The zero-order valence-corrected chi connectivity index (χ0v) is 11.5. The molecule has 1 amide bonds. The number of amides is 1. The molecular weight excluding hydrogens is 226 g/mol. The first-order valence-corrected chi connectivity index (χ1v) is 6.64. The van der Waals surface area contributed by atoms with E-state index in [-0.39, 0.29) is 11.7 Å². The van der Waals surface area contributed by atoms with Crippen LogP contribution in [-0.4, -0.2) is 30.2 Å². The van der Waals surface area contributed by atoms with E-state index in [4.69, 9.17) is 0 Å². The number of carbonyl (C=O) groups excluding carboxylic acids is 2. The standard InChI is InChI=1S/C15H25NO2/c1-4-14(17)12-10-8-6-7-9-11-13-16(3)15(18)5-2/h4-5H,1-2,6-13H2,3H3. The van der Waals surface area contributed by atoms with Crippen molar-refractivity contribution in [3.63, 3.8) is 0 Å². The predicted molar refractivity (Wildman–Crippen MR) is 75.4 cm³/mol. The zero-order valence-electron chi connectivity index (χ0n) is 11.5. The highest BCUT2D eigenvalue weighted by molar-refractivity contribution is 5.88. The Kier molecular flexibility index (Phi) is 9.93. The lowest BCUT2D eigenvalue weighted by Crippen LogP contribution is -2.25. The molecule has 3 nitrogen and oxygen atoms in total. The molecule has 0 saturated carbocycles. The number of unbranched alkanes of at least 4 members (excludes halogenated alkanes) is 5. The largest absolute Gasteiger partial charge is 0.342 e. The average Bonchev–Trinajstić information content (AvgIpc) is 2.39. The van der Waals surface area contributed by atoms with Gasteiger partial charge in [-0.05, 0) is 25.0 Å². The molecule has 0 fully saturated rings. The predicted octanol–water partition coefficient (Wildman–Crippen LogP) is 3.12. The van der Waals surface area contributed by atoms with Crippen LogP contribution in [0.3, 0.4) is 0 Å². The maximum atomic E-state index is 11.2. The second kappa shape index (κ2) is 10.8. The molecular formula is C15H25NO2. The van der Waals surface area contributed by atoms with Gasteiger partial charge in [-0.15, -0.1) is 0 Å². The molecule has 0 radical (unpaired) electrons. The molecule has 0 N–H and O–H groups in total. The summed E-state index contributed by atoms with van der Waals surface area (Å²) >= 11 is 0. The Morgan fingerprint density at radius 2 is 1.50 bits per heavy atom. The maximum absolute atomic E-state index is 11.2. The van der Waals surface area contributed by atoms with Crippen LogP contribution in [0, 0.1) is 0 Å². The van der Waals surface area contributed by atoms with Crippen LogP contribution in [0.15, 0.2) is 25.3 Å². The summed E-state index contributed by atoms with van der Waals surface area (Å²) in [5.74, 6) is 0.123. The van der Waals surface area contributed by atoms with Gasteiger partial charge in [0.15, 0.2) is 5.78 Å². The monoisotopic (exact) mass is 251 g/mol. The molecule has 0 unspecified atom stereocenters. The Bertz CT molecular complexity index is 284. The van der Waals surface area contributed by atoms with Crippen LogP contribution in [-0.2, 0) is 9.59 Å². The highest BCUT2D eigenvalue weighted by Crippen LogP contribution is 2.08. The first kappa shape index (κ1) is 16.6. The Labute approximate surface area is 111 Å². The van der Waals surface area contributed by atoms with Gasteiger partial charge in [-0.2, -0.15) is 0 Å². The van der Waals surface area contributed by atoms with Crippen molar-refractivity contribution in [3.8, 4) is 0 Å². The van der Waals surface area contributed by atoms with Gasteiger partial charge in [0.05, 0.1) is 0 Å². The highest BCUT2D eigenvalue weighted by atomic mass is 16.2. The van der Waals surface area contributed by atoms with Gasteiger partial charge in [-0.25, -0.2) is 0 Å². The van der Waals surface area contributed by atoms with Crippen LogP contribution in [0.25, 0.3) is 0 Å².